The first-order valence-electron chi connectivity index (χ1n) is 6.86. The summed E-state index contributed by atoms with van der Waals surface area (Å²) in [6, 6.07) is 7.91. The lowest BCUT2D eigenvalue weighted by Gasteiger charge is -2.18. The fourth-order valence-electron chi connectivity index (χ4n) is 1.98. The first-order chi connectivity index (χ1) is 9.52. The molecule has 0 aliphatic rings. The maximum absolute atomic E-state index is 11.7. The van der Waals surface area contributed by atoms with Crippen molar-refractivity contribution in [1.29, 1.82) is 0 Å². The number of urea groups is 1. The first-order valence-corrected chi connectivity index (χ1v) is 6.86. The highest BCUT2D eigenvalue weighted by atomic mass is 16.4. The van der Waals surface area contributed by atoms with Gasteiger partial charge in [-0.1, -0.05) is 43.7 Å². The Morgan fingerprint density at radius 3 is 2.40 bits per heavy atom. The van der Waals surface area contributed by atoms with Gasteiger partial charge in [0.05, 0.1) is 0 Å². The number of carboxylic acids is 1. The fourth-order valence-corrected chi connectivity index (χ4v) is 1.98. The van der Waals surface area contributed by atoms with Crippen molar-refractivity contribution in [2.45, 2.75) is 45.2 Å². The van der Waals surface area contributed by atoms with Crippen LogP contribution in [-0.2, 0) is 11.2 Å². The number of hydrogen-bond acceptors (Lipinski definition) is 2. The van der Waals surface area contributed by atoms with E-state index in [-0.39, 0.29) is 12.5 Å². The van der Waals surface area contributed by atoms with Gasteiger partial charge in [-0.05, 0) is 18.9 Å². The molecule has 1 unspecified atom stereocenters. The summed E-state index contributed by atoms with van der Waals surface area (Å²) in [4.78, 5) is 23.0. The smallest absolute Gasteiger partial charge is 0.326 e. The third-order valence-electron chi connectivity index (χ3n) is 2.99. The van der Waals surface area contributed by atoms with E-state index in [4.69, 9.17) is 0 Å². The van der Waals surface area contributed by atoms with Gasteiger partial charge in [0.25, 0.3) is 0 Å². The van der Waals surface area contributed by atoms with E-state index in [0.717, 1.165) is 18.4 Å². The highest BCUT2D eigenvalue weighted by Gasteiger charge is 2.20. The molecule has 1 aromatic carbocycles. The Hall–Kier alpha value is -2.04. The SMILES string of the molecule is CCCC(C)NC(=O)N[C@@H](Cc1ccccc1)C(=O)O. The molecule has 5 nitrogen and oxygen atoms in total. The lowest BCUT2D eigenvalue weighted by Crippen LogP contribution is -2.49. The quantitative estimate of drug-likeness (QED) is 0.715. The average Bonchev–Trinajstić information content (AvgIpc) is 2.39. The largest absolute Gasteiger partial charge is 0.480 e. The summed E-state index contributed by atoms with van der Waals surface area (Å²) in [7, 11) is 0. The third-order valence-corrected chi connectivity index (χ3v) is 2.99. The van der Waals surface area contributed by atoms with Crippen molar-refractivity contribution in [1.82, 2.24) is 10.6 Å². The van der Waals surface area contributed by atoms with E-state index in [1.165, 1.54) is 0 Å². The maximum atomic E-state index is 11.7. The molecule has 0 radical (unpaired) electrons. The Bertz CT molecular complexity index is 434. The minimum Gasteiger partial charge on any atom is -0.480 e. The van der Waals surface area contributed by atoms with Gasteiger partial charge in [0.2, 0.25) is 0 Å². The van der Waals surface area contributed by atoms with E-state index in [1.807, 2.05) is 44.2 Å². The molecule has 110 valence electrons. The molecule has 0 bridgehead atoms. The number of amides is 2. The van der Waals surface area contributed by atoms with E-state index in [1.54, 1.807) is 0 Å². The molecule has 2 atom stereocenters. The van der Waals surface area contributed by atoms with Crippen LogP contribution in [0.1, 0.15) is 32.3 Å². The zero-order valence-corrected chi connectivity index (χ0v) is 11.9. The van der Waals surface area contributed by atoms with Crippen LogP contribution in [0.4, 0.5) is 4.79 Å². The molecule has 0 saturated heterocycles. The van der Waals surface area contributed by atoms with Crippen LogP contribution in [0.25, 0.3) is 0 Å². The van der Waals surface area contributed by atoms with Crippen molar-refractivity contribution in [2.24, 2.45) is 0 Å². The Balaban J connectivity index is 2.55. The summed E-state index contributed by atoms with van der Waals surface area (Å²) in [5, 5.41) is 14.4. The number of carboxylic acid groups (broad SMARTS) is 1. The predicted octanol–water partition coefficient (Wildman–Crippen LogP) is 2.17. The van der Waals surface area contributed by atoms with Crippen LogP contribution < -0.4 is 10.6 Å². The van der Waals surface area contributed by atoms with Gasteiger partial charge in [-0.2, -0.15) is 0 Å². The Morgan fingerprint density at radius 1 is 1.20 bits per heavy atom. The van der Waals surface area contributed by atoms with Crippen molar-refractivity contribution >= 4 is 12.0 Å². The molecule has 0 aliphatic heterocycles. The zero-order chi connectivity index (χ0) is 15.0. The van der Waals surface area contributed by atoms with Gasteiger partial charge in [0, 0.05) is 12.5 Å². The van der Waals surface area contributed by atoms with E-state index < -0.39 is 18.0 Å². The number of carbonyl (C=O) groups excluding carboxylic acids is 1. The molecule has 0 saturated carbocycles. The second kappa shape index (κ2) is 8.19. The van der Waals surface area contributed by atoms with Gasteiger partial charge >= 0.3 is 12.0 Å². The fraction of sp³-hybridized carbons (Fsp3) is 0.467. The summed E-state index contributed by atoms with van der Waals surface area (Å²) in [6.07, 6.45) is 2.10. The van der Waals surface area contributed by atoms with Gasteiger partial charge in [-0.25, -0.2) is 9.59 Å². The van der Waals surface area contributed by atoms with Gasteiger partial charge < -0.3 is 15.7 Å². The van der Waals surface area contributed by atoms with E-state index in [2.05, 4.69) is 10.6 Å². The highest BCUT2D eigenvalue weighted by Crippen LogP contribution is 2.03. The lowest BCUT2D eigenvalue weighted by molar-refractivity contribution is -0.139. The Labute approximate surface area is 119 Å². The number of rotatable bonds is 7. The van der Waals surface area contributed by atoms with Crippen LogP contribution in [0.2, 0.25) is 0 Å². The molecule has 0 aliphatic carbocycles. The standard InChI is InChI=1S/C15H22N2O3/c1-3-7-11(2)16-15(20)17-13(14(18)19)10-12-8-5-4-6-9-12/h4-6,8-9,11,13H,3,7,10H2,1-2H3,(H,18,19)(H2,16,17,20)/t11?,13-/m0/s1. The van der Waals surface area contributed by atoms with Crippen LogP contribution in [0.3, 0.4) is 0 Å². The van der Waals surface area contributed by atoms with Gasteiger partial charge in [-0.3, -0.25) is 0 Å². The third kappa shape index (κ3) is 5.73. The summed E-state index contributed by atoms with van der Waals surface area (Å²) >= 11 is 0. The van der Waals surface area contributed by atoms with E-state index in [9.17, 15) is 14.7 Å². The van der Waals surface area contributed by atoms with Crippen LogP contribution in [0.15, 0.2) is 30.3 Å². The molecular formula is C15H22N2O3. The Kier molecular flexibility index (Phi) is 6.56. The molecule has 0 fully saturated rings. The van der Waals surface area contributed by atoms with Gasteiger partial charge in [-0.15, -0.1) is 0 Å². The second-order valence-corrected chi connectivity index (χ2v) is 4.89. The second-order valence-electron chi connectivity index (χ2n) is 4.89. The molecule has 20 heavy (non-hydrogen) atoms. The molecule has 1 rings (SSSR count). The molecule has 2 amide bonds. The summed E-state index contributed by atoms with van der Waals surface area (Å²) in [5.74, 6) is -1.04. The molecule has 0 heterocycles. The summed E-state index contributed by atoms with van der Waals surface area (Å²) in [5.41, 5.74) is 0.877. The predicted molar refractivity (Wildman–Crippen MR) is 77.6 cm³/mol. The molecule has 1 aromatic rings. The van der Waals surface area contributed by atoms with Crippen LogP contribution in [-0.4, -0.2) is 29.2 Å². The lowest BCUT2D eigenvalue weighted by atomic mass is 10.1. The molecule has 0 aromatic heterocycles. The topological polar surface area (TPSA) is 78.4 Å². The average molecular weight is 278 g/mol. The zero-order valence-electron chi connectivity index (χ0n) is 11.9. The summed E-state index contributed by atoms with van der Waals surface area (Å²) < 4.78 is 0. The number of aliphatic carboxylic acids is 1. The van der Waals surface area contributed by atoms with Crippen molar-refractivity contribution in [3.05, 3.63) is 35.9 Å². The monoisotopic (exact) mass is 278 g/mol. The van der Waals surface area contributed by atoms with Crippen molar-refractivity contribution in [3.63, 3.8) is 0 Å². The van der Waals surface area contributed by atoms with Crippen LogP contribution >= 0.6 is 0 Å². The van der Waals surface area contributed by atoms with E-state index in [0.29, 0.717) is 0 Å². The molecule has 3 N–H and O–H groups in total. The van der Waals surface area contributed by atoms with Crippen molar-refractivity contribution in [3.8, 4) is 0 Å². The van der Waals surface area contributed by atoms with Crippen molar-refractivity contribution < 1.29 is 14.7 Å². The molecule has 5 heteroatoms. The maximum Gasteiger partial charge on any atom is 0.326 e. The van der Waals surface area contributed by atoms with E-state index >= 15 is 0 Å². The minimum absolute atomic E-state index is 0.0335. The highest BCUT2D eigenvalue weighted by molar-refractivity contribution is 5.82. The Morgan fingerprint density at radius 2 is 1.85 bits per heavy atom. The number of benzene rings is 1. The molecule has 0 spiro atoms. The van der Waals surface area contributed by atoms with Crippen LogP contribution in [0, 0.1) is 0 Å². The number of nitrogens with one attached hydrogen (secondary N) is 2. The normalized spacial score (nSPS) is 13.3. The van der Waals surface area contributed by atoms with Crippen LogP contribution in [0.5, 0.6) is 0 Å². The molecular weight excluding hydrogens is 256 g/mol. The van der Waals surface area contributed by atoms with Gasteiger partial charge in [0.15, 0.2) is 0 Å². The first kappa shape index (κ1) is 16.0. The summed E-state index contributed by atoms with van der Waals surface area (Å²) in [6.45, 7) is 3.93. The number of hydrogen-bond donors (Lipinski definition) is 3. The van der Waals surface area contributed by atoms with Gasteiger partial charge in [0.1, 0.15) is 6.04 Å². The number of carbonyl (C=O) groups is 2. The minimum atomic E-state index is -1.04. The van der Waals surface area contributed by atoms with Crippen molar-refractivity contribution in [2.75, 3.05) is 0 Å².